The van der Waals surface area contributed by atoms with Gasteiger partial charge in [-0.25, -0.2) is 0 Å². The predicted molar refractivity (Wildman–Crippen MR) is 62.4 cm³/mol. The summed E-state index contributed by atoms with van der Waals surface area (Å²) in [5.74, 6) is 0.726. The molecule has 0 radical (unpaired) electrons. The Morgan fingerprint density at radius 2 is 1.79 bits per heavy atom. The number of ether oxygens (including phenoxy) is 1. The molecule has 2 nitrogen and oxygen atoms in total. The fourth-order valence-corrected chi connectivity index (χ4v) is 1.62. The van der Waals surface area contributed by atoms with Gasteiger partial charge in [-0.3, -0.25) is 0 Å². The van der Waals surface area contributed by atoms with Crippen LogP contribution in [0.5, 0.6) is 0 Å². The molecule has 0 rings (SSSR count). The molecule has 2 N–H and O–H groups in total. The Kier molecular flexibility index (Phi) is 6.38. The van der Waals surface area contributed by atoms with Crippen molar-refractivity contribution in [2.24, 2.45) is 11.7 Å². The maximum atomic E-state index is 6.17. The average Bonchev–Trinajstić information content (AvgIpc) is 2.14. The molecule has 0 aromatic rings. The van der Waals surface area contributed by atoms with E-state index in [9.17, 15) is 0 Å². The lowest BCUT2D eigenvalue weighted by Gasteiger charge is -2.34. The van der Waals surface area contributed by atoms with E-state index < -0.39 is 0 Å². The van der Waals surface area contributed by atoms with Crippen LogP contribution >= 0.6 is 0 Å². The van der Waals surface area contributed by atoms with E-state index >= 15 is 0 Å². The fourth-order valence-electron chi connectivity index (χ4n) is 1.62. The van der Waals surface area contributed by atoms with Gasteiger partial charge < -0.3 is 10.5 Å². The van der Waals surface area contributed by atoms with Gasteiger partial charge in [0.2, 0.25) is 0 Å². The monoisotopic (exact) mass is 201 g/mol. The highest BCUT2D eigenvalue weighted by Crippen LogP contribution is 2.23. The molecule has 2 unspecified atom stereocenters. The molecule has 86 valence electrons. The molecule has 14 heavy (non-hydrogen) atoms. The molecule has 2 heteroatoms. The highest BCUT2D eigenvalue weighted by Gasteiger charge is 2.29. The first-order valence-electron chi connectivity index (χ1n) is 5.85. The third-order valence-corrected chi connectivity index (χ3v) is 3.02. The second-order valence-corrected chi connectivity index (χ2v) is 4.68. The smallest absolute Gasteiger partial charge is 0.0801 e. The van der Waals surface area contributed by atoms with Crippen molar-refractivity contribution in [3.8, 4) is 0 Å². The van der Waals surface area contributed by atoms with Crippen LogP contribution in [-0.4, -0.2) is 18.2 Å². The SMILES string of the molecule is CCOC(C)(CC)C(N)CCC(C)C. The van der Waals surface area contributed by atoms with Gasteiger partial charge in [0.25, 0.3) is 0 Å². The van der Waals surface area contributed by atoms with E-state index in [1.807, 2.05) is 6.92 Å². The largest absolute Gasteiger partial charge is 0.374 e. The van der Waals surface area contributed by atoms with Crippen LogP contribution in [0.3, 0.4) is 0 Å². The van der Waals surface area contributed by atoms with Gasteiger partial charge in [-0.05, 0) is 39.0 Å². The summed E-state index contributed by atoms with van der Waals surface area (Å²) >= 11 is 0. The zero-order valence-corrected chi connectivity index (χ0v) is 10.5. The van der Waals surface area contributed by atoms with Gasteiger partial charge in [0.05, 0.1) is 5.60 Å². The van der Waals surface area contributed by atoms with Crippen molar-refractivity contribution in [3.63, 3.8) is 0 Å². The van der Waals surface area contributed by atoms with Crippen molar-refractivity contribution in [2.75, 3.05) is 6.61 Å². The van der Waals surface area contributed by atoms with E-state index in [1.165, 1.54) is 6.42 Å². The highest BCUT2D eigenvalue weighted by molar-refractivity contribution is 4.86. The number of nitrogens with two attached hydrogens (primary N) is 1. The fraction of sp³-hybridized carbons (Fsp3) is 1.00. The minimum Gasteiger partial charge on any atom is -0.374 e. The Morgan fingerprint density at radius 1 is 1.21 bits per heavy atom. The Morgan fingerprint density at radius 3 is 2.14 bits per heavy atom. The molecular formula is C12H27NO. The van der Waals surface area contributed by atoms with E-state index in [-0.39, 0.29) is 11.6 Å². The summed E-state index contributed by atoms with van der Waals surface area (Å²) in [5.41, 5.74) is 6.04. The van der Waals surface area contributed by atoms with Gasteiger partial charge >= 0.3 is 0 Å². The summed E-state index contributed by atoms with van der Waals surface area (Å²) in [5, 5.41) is 0. The van der Waals surface area contributed by atoms with E-state index in [2.05, 4.69) is 27.7 Å². The van der Waals surface area contributed by atoms with Gasteiger partial charge in [0.15, 0.2) is 0 Å². The highest BCUT2D eigenvalue weighted by atomic mass is 16.5. The Bertz CT molecular complexity index is 147. The topological polar surface area (TPSA) is 35.2 Å². The lowest BCUT2D eigenvalue weighted by Crippen LogP contribution is -2.47. The van der Waals surface area contributed by atoms with E-state index in [0.717, 1.165) is 25.4 Å². The molecule has 0 bridgehead atoms. The maximum Gasteiger partial charge on any atom is 0.0801 e. The standard InChI is InChI=1S/C12H27NO/c1-6-12(5,14-7-2)11(13)9-8-10(3)4/h10-11H,6-9,13H2,1-5H3. The van der Waals surface area contributed by atoms with E-state index in [1.54, 1.807) is 0 Å². The van der Waals surface area contributed by atoms with Crippen molar-refractivity contribution in [3.05, 3.63) is 0 Å². The Labute approximate surface area is 89.2 Å². The maximum absolute atomic E-state index is 6.17. The summed E-state index contributed by atoms with van der Waals surface area (Å²) < 4.78 is 5.75. The Balaban J connectivity index is 4.08. The van der Waals surface area contributed by atoms with Crippen LogP contribution in [0, 0.1) is 5.92 Å². The van der Waals surface area contributed by atoms with Crippen LogP contribution in [-0.2, 0) is 4.74 Å². The molecule has 0 saturated carbocycles. The molecule has 0 aliphatic carbocycles. The van der Waals surface area contributed by atoms with E-state index in [0.29, 0.717) is 0 Å². The van der Waals surface area contributed by atoms with Crippen LogP contribution in [0.1, 0.15) is 53.9 Å². The van der Waals surface area contributed by atoms with Crippen molar-refractivity contribution >= 4 is 0 Å². The predicted octanol–water partition coefficient (Wildman–Crippen LogP) is 2.96. The third-order valence-electron chi connectivity index (χ3n) is 3.02. The zero-order valence-electron chi connectivity index (χ0n) is 10.5. The lowest BCUT2D eigenvalue weighted by molar-refractivity contribution is -0.0487. The third kappa shape index (κ3) is 4.43. The molecule has 0 spiro atoms. The summed E-state index contributed by atoms with van der Waals surface area (Å²) in [7, 11) is 0. The number of rotatable bonds is 7. The molecule has 0 aliphatic rings. The van der Waals surface area contributed by atoms with Crippen LogP contribution in [0.15, 0.2) is 0 Å². The molecule has 0 heterocycles. The van der Waals surface area contributed by atoms with Gasteiger partial charge in [0.1, 0.15) is 0 Å². The Hall–Kier alpha value is -0.0800. The first-order chi connectivity index (χ1) is 6.46. The molecule has 0 saturated heterocycles. The second-order valence-electron chi connectivity index (χ2n) is 4.68. The van der Waals surface area contributed by atoms with Crippen molar-refractivity contribution < 1.29 is 4.74 Å². The van der Waals surface area contributed by atoms with Gasteiger partial charge in [-0.1, -0.05) is 20.8 Å². The molecular weight excluding hydrogens is 174 g/mol. The minimum atomic E-state index is -0.135. The van der Waals surface area contributed by atoms with E-state index in [4.69, 9.17) is 10.5 Å². The summed E-state index contributed by atoms with van der Waals surface area (Å²) in [6.07, 6.45) is 3.23. The van der Waals surface area contributed by atoms with Crippen LogP contribution in [0.4, 0.5) is 0 Å². The summed E-state index contributed by atoms with van der Waals surface area (Å²) in [6, 6.07) is 0.162. The zero-order chi connectivity index (χ0) is 11.2. The molecule has 0 aromatic carbocycles. The molecule has 0 fully saturated rings. The molecule has 0 aromatic heterocycles. The van der Waals surface area contributed by atoms with Gasteiger partial charge in [-0.15, -0.1) is 0 Å². The van der Waals surface area contributed by atoms with Crippen molar-refractivity contribution in [1.29, 1.82) is 0 Å². The second kappa shape index (κ2) is 6.41. The number of hydrogen-bond acceptors (Lipinski definition) is 2. The van der Waals surface area contributed by atoms with Crippen LogP contribution in [0.25, 0.3) is 0 Å². The first-order valence-corrected chi connectivity index (χ1v) is 5.85. The number of hydrogen-bond donors (Lipinski definition) is 1. The van der Waals surface area contributed by atoms with Crippen LogP contribution < -0.4 is 5.73 Å². The molecule has 0 aliphatic heterocycles. The summed E-state index contributed by atoms with van der Waals surface area (Å²) in [6.45, 7) is 11.5. The van der Waals surface area contributed by atoms with Gasteiger partial charge in [-0.2, -0.15) is 0 Å². The molecule has 2 atom stereocenters. The first kappa shape index (κ1) is 13.9. The quantitative estimate of drug-likeness (QED) is 0.687. The summed E-state index contributed by atoms with van der Waals surface area (Å²) in [4.78, 5) is 0. The lowest BCUT2D eigenvalue weighted by atomic mass is 9.88. The minimum absolute atomic E-state index is 0.135. The van der Waals surface area contributed by atoms with Crippen molar-refractivity contribution in [1.82, 2.24) is 0 Å². The average molecular weight is 201 g/mol. The van der Waals surface area contributed by atoms with Crippen LogP contribution in [0.2, 0.25) is 0 Å². The normalized spacial score (nSPS) is 18.2. The van der Waals surface area contributed by atoms with Crippen molar-refractivity contribution in [2.45, 2.75) is 65.5 Å². The molecule has 0 amide bonds. The van der Waals surface area contributed by atoms with Gasteiger partial charge in [0, 0.05) is 12.6 Å².